The van der Waals surface area contributed by atoms with E-state index in [1.54, 1.807) is 0 Å². The molecule has 2 rings (SSSR count). The van der Waals surface area contributed by atoms with E-state index in [9.17, 15) is 0 Å². The minimum Gasteiger partial charge on any atom is -0.407 e. The molecule has 0 spiro atoms. The van der Waals surface area contributed by atoms with Crippen LogP contribution in [0.3, 0.4) is 0 Å². The van der Waals surface area contributed by atoms with Crippen LogP contribution in [0.4, 0.5) is 6.01 Å². The second kappa shape index (κ2) is 5.84. The number of nitrogens with zero attached hydrogens (tertiary/aromatic N) is 3. The van der Waals surface area contributed by atoms with E-state index in [2.05, 4.69) is 27.3 Å². The first-order chi connectivity index (χ1) is 7.90. The van der Waals surface area contributed by atoms with E-state index >= 15 is 0 Å². The van der Waals surface area contributed by atoms with Crippen LogP contribution in [0, 0.1) is 0 Å². The summed E-state index contributed by atoms with van der Waals surface area (Å²) in [7, 11) is 0. The highest BCUT2D eigenvalue weighted by atomic mass is 16.4. The molecular weight excluding hydrogens is 204 g/mol. The van der Waals surface area contributed by atoms with E-state index in [1.165, 1.54) is 19.3 Å². The fraction of sp³-hybridized carbons (Fsp3) is 0.818. The van der Waals surface area contributed by atoms with E-state index in [-0.39, 0.29) is 0 Å². The Labute approximate surface area is 96.2 Å². The highest BCUT2D eigenvalue weighted by Crippen LogP contribution is 2.17. The van der Waals surface area contributed by atoms with Crippen molar-refractivity contribution in [1.29, 1.82) is 0 Å². The van der Waals surface area contributed by atoms with Crippen molar-refractivity contribution in [3.63, 3.8) is 0 Å². The maximum atomic E-state index is 5.61. The van der Waals surface area contributed by atoms with Gasteiger partial charge in [0, 0.05) is 13.1 Å². The van der Waals surface area contributed by atoms with Crippen LogP contribution in [0.1, 0.15) is 38.5 Å². The quantitative estimate of drug-likeness (QED) is 0.769. The fourth-order valence-electron chi connectivity index (χ4n) is 1.90. The molecule has 0 radical (unpaired) electrons. The maximum Gasteiger partial charge on any atom is 0.318 e. The van der Waals surface area contributed by atoms with E-state index < -0.39 is 0 Å². The fourth-order valence-corrected chi connectivity index (χ4v) is 1.90. The van der Waals surface area contributed by atoms with Gasteiger partial charge in [0.15, 0.2) is 0 Å². The first-order valence-corrected chi connectivity index (χ1v) is 6.18. The van der Waals surface area contributed by atoms with Gasteiger partial charge in [0.25, 0.3) is 0 Å². The normalized spacial score (nSPS) is 16.7. The molecule has 0 bridgehead atoms. The van der Waals surface area contributed by atoms with Crippen molar-refractivity contribution in [2.75, 3.05) is 24.5 Å². The molecule has 16 heavy (non-hydrogen) atoms. The van der Waals surface area contributed by atoms with Crippen molar-refractivity contribution in [3.05, 3.63) is 5.89 Å². The SMILES string of the molecule is CCCNCc1nnc(N2CCCCC2)o1. The lowest BCUT2D eigenvalue weighted by atomic mass is 10.1. The Hall–Kier alpha value is -1.10. The molecule has 1 saturated heterocycles. The lowest BCUT2D eigenvalue weighted by Gasteiger charge is -2.24. The Morgan fingerprint density at radius 1 is 1.25 bits per heavy atom. The van der Waals surface area contributed by atoms with Gasteiger partial charge < -0.3 is 14.6 Å². The van der Waals surface area contributed by atoms with Gasteiger partial charge in [-0.1, -0.05) is 12.0 Å². The molecule has 0 atom stereocenters. The van der Waals surface area contributed by atoms with Crippen LogP contribution in [0.25, 0.3) is 0 Å². The van der Waals surface area contributed by atoms with Crippen molar-refractivity contribution in [1.82, 2.24) is 15.5 Å². The summed E-state index contributed by atoms with van der Waals surface area (Å²) in [6.45, 7) is 5.89. The van der Waals surface area contributed by atoms with Crippen LogP contribution >= 0.6 is 0 Å². The first-order valence-electron chi connectivity index (χ1n) is 6.18. The molecule has 1 aliphatic heterocycles. The molecule has 0 aliphatic carbocycles. The Morgan fingerprint density at radius 2 is 2.06 bits per heavy atom. The van der Waals surface area contributed by atoms with Gasteiger partial charge in [0.2, 0.25) is 5.89 Å². The Kier molecular flexibility index (Phi) is 4.16. The van der Waals surface area contributed by atoms with Gasteiger partial charge in [-0.3, -0.25) is 0 Å². The molecule has 90 valence electrons. The number of anilines is 1. The maximum absolute atomic E-state index is 5.61. The van der Waals surface area contributed by atoms with Crippen molar-refractivity contribution in [2.45, 2.75) is 39.2 Å². The summed E-state index contributed by atoms with van der Waals surface area (Å²) in [5.74, 6) is 0.689. The van der Waals surface area contributed by atoms with Gasteiger partial charge in [-0.05, 0) is 32.2 Å². The lowest BCUT2D eigenvalue weighted by Crippen LogP contribution is -2.29. The van der Waals surface area contributed by atoms with Gasteiger partial charge in [0.1, 0.15) is 0 Å². The molecule has 0 unspecified atom stereocenters. The predicted octanol–water partition coefficient (Wildman–Crippen LogP) is 1.56. The molecule has 0 aromatic carbocycles. The molecule has 5 nitrogen and oxygen atoms in total. The minimum absolute atomic E-state index is 0.675. The Bertz CT molecular complexity index is 307. The minimum atomic E-state index is 0.675. The second-order valence-electron chi connectivity index (χ2n) is 4.20. The lowest BCUT2D eigenvalue weighted by molar-refractivity contribution is 0.446. The van der Waals surface area contributed by atoms with E-state index in [0.717, 1.165) is 26.1 Å². The molecule has 2 heterocycles. The Morgan fingerprint density at radius 3 is 2.81 bits per heavy atom. The van der Waals surface area contributed by atoms with Crippen LogP contribution in [-0.4, -0.2) is 29.8 Å². The zero-order valence-electron chi connectivity index (χ0n) is 9.91. The van der Waals surface area contributed by atoms with Crippen LogP contribution in [0.5, 0.6) is 0 Å². The third-order valence-corrected chi connectivity index (χ3v) is 2.79. The number of nitrogens with one attached hydrogen (secondary N) is 1. The summed E-state index contributed by atoms with van der Waals surface area (Å²) in [5, 5.41) is 11.4. The van der Waals surface area contributed by atoms with Crippen molar-refractivity contribution < 1.29 is 4.42 Å². The zero-order chi connectivity index (χ0) is 11.2. The standard InChI is InChI=1S/C11H20N4O/c1-2-6-12-9-10-13-14-11(16-10)15-7-4-3-5-8-15/h12H,2-9H2,1H3. The molecule has 1 aliphatic rings. The van der Waals surface area contributed by atoms with Gasteiger partial charge in [0.05, 0.1) is 6.54 Å². The smallest absolute Gasteiger partial charge is 0.318 e. The third kappa shape index (κ3) is 2.95. The summed E-state index contributed by atoms with van der Waals surface area (Å²) >= 11 is 0. The molecule has 0 saturated carbocycles. The summed E-state index contributed by atoms with van der Waals surface area (Å²) in [6, 6.07) is 0.688. The van der Waals surface area contributed by atoms with Crippen LogP contribution in [0.15, 0.2) is 4.42 Å². The average Bonchev–Trinajstić information content (AvgIpc) is 2.79. The molecule has 0 amide bonds. The van der Waals surface area contributed by atoms with E-state index in [0.29, 0.717) is 18.5 Å². The van der Waals surface area contributed by atoms with Crippen molar-refractivity contribution >= 4 is 6.01 Å². The van der Waals surface area contributed by atoms with Gasteiger partial charge in [-0.25, -0.2) is 0 Å². The van der Waals surface area contributed by atoms with E-state index in [4.69, 9.17) is 4.42 Å². The number of hydrogen-bond acceptors (Lipinski definition) is 5. The molecule has 1 aromatic rings. The van der Waals surface area contributed by atoms with Crippen molar-refractivity contribution in [2.24, 2.45) is 0 Å². The topological polar surface area (TPSA) is 54.2 Å². The number of hydrogen-bond donors (Lipinski definition) is 1. The van der Waals surface area contributed by atoms with Crippen LogP contribution < -0.4 is 10.2 Å². The third-order valence-electron chi connectivity index (χ3n) is 2.79. The number of aromatic nitrogens is 2. The van der Waals surface area contributed by atoms with Crippen LogP contribution in [0.2, 0.25) is 0 Å². The highest BCUT2D eigenvalue weighted by Gasteiger charge is 2.16. The van der Waals surface area contributed by atoms with Gasteiger partial charge in [-0.2, -0.15) is 0 Å². The van der Waals surface area contributed by atoms with Crippen LogP contribution in [-0.2, 0) is 6.54 Å². The average molecular weight is 224 g/mol. The van der Waals surface area contributed by atoms with Gasteiger partial charge in [-0.15, -0.1) is 5.10 Å². The summed E-state index contributed by atoms with van der Waals surface area (Å²) in [4.78, 5) is 2.18. The Balaban J connectivity index is 1.85. The zero-order valence-corrected chi connectivity index (χ0v) is 9.91. The number of piperidine rings is 1. The van der Waals surface area contributed by atoms with E-state index in [1.807, 2.05) is 0 Å². The number of rotatable bonds is 5. The molecule has 5 heteroatoms. The summed E-state index contributed by atoms with van der Waals surface area (Å²) in [6.07, 6.45) is 4.89. The second-order valence-corrected chi connectivity index (χ2v) is 4.20. The summed E-state index contributed by atoms with van der Waals surface area (Å²) < 4.78 is 5.61. The monoisotopic (exact) mass is 224 g/mol. The first kappa shape index (κ1) is 11.4. The largest absolute Gasteiger partial charge is 0.407 e. The van der Waals surface area contributed by atoms with Crippen molar-refractivity contribution in [3.8, 4) is 0 Å². The van der Waals surface area contributed by atoms with Gasteiger partial charge >= 0.3 is 6.01 Å². The molecule has 1 N–H and O–H groups in total. The molecular formula is C11H20N4O. The highest BCUT2D eigenvalue weighted by molar-refractivity contribution is 5.24. The summed E-state index contributed by atoms with van der Waals surface area (Å²) in [5.41, 5.74) is 0. The predicted molar refractivity (Wildman–Crippen MR) is 62.4 cm³/mol. The molecule has 1 aromatic heterocycles. The molecule has 1 fully saturated rings.